The molecule has 18 heavy (non-hydrogen) atoms. The van der Waals surface area contributed by atoms with Crippen LogP contribution in [0.4, 0.5) is 4.39 Å². The molecule has 0 bridgehead atoms. The first-order valence-electron chi connectivity index (χ1n) is 6.35. The third kappa shape index (κ3) is 4.96. The third-order valence-electron chi connectivity index (χ3n) is 2.76. The Bertz CT molecular complexity index is 369. The van der Waals surface area contributed by atoms with E-state index in [1.807, 2.05) is 26.2 Å². The lowest BCUT2D eigenvalue weighted by atomic mass is 10.1. The van der Waals surface area contributed by atoms with Gasteiger partial charge < -0.3 is 10.2 Å². The standard InChI is InChI=1S/C14H23FN2S/c1-5-16-11(2)12-6-7-14(13(15)10-12)18-9-8-17(3)4/h6-7,10-11,16H,5,8-9H2,1-4H3. The van der Waals surface area contributed by atoms with Crippen molar-refractivity contribution in [3.8, 4) is 0 Å². The maximum atomic E-state index is 13.9. The highest BCUT2D eigenvalue weighted by Gasteiger charge is 2.08. The van der Waals surface area contributed by atoms with E-state index in [2.05, 4.69) is 24.1 Å². The molecule has 0 aliphatic heterocycles. The maximum absolute atomic E-state index is 13.9. The van der Waals surface area contributed by atoms with Crippen molar-refractivity contribution in [3.05, 3.63) is 29.6 Å². The van der Waals surface area contributed by atoms with Gasteiger partial charge in [-0.2, -0.15) is 0 Å². The van der Waals surface area contributed by atoms with E-state index in [9.17, 15) is 4.39 Å². The summed E-state index contributed by atoms with van der Waals surface area (Å²) in [6.07, 6.45) is 0. The van der Waals surface area contributed by atoms with Crippen LogP contribution in [0.2, 0.25) is 0 Å². The van der Waals surface area contributed by atoms with Crippen molar-refractivity contribution in [1.82, 2.24) is 10.2 Å². The first kappa shape index (κ1) is 15.5. The van der Waals surface area contributed by atoms with Gasteiger partial charge in [-0.3, -0.25) is 0 Å². The Balaban J connectivity index is 2.62. The molecule has 1 N–H and O–H groups in total. The minimum atomic E-state index is -0.110. The molecule has 1 atom stereocenters. The maximum Gasteiger partial charge on any atom is 0.137 e. The predicted molar refractivity (Wildman–Crippen MR) is 77.8 cm³/mol. The zero-order valence-electron chi connectivity index (χ0n) is 11.7. The van der Waals surface area contributed by atoms with Crippen molar-refractivity contribution >= 4 is 11.8 Å². The monoisotopic (exact) mass is 270 g/mol. The largest absolute Gasteiger partial charge is 0.310 e. The summed E-state index contributed by atoms with van der Waals surface area (Å²) in [7, 11) is 4.05. The van der Waals surface area contributed by atoms with Crippen LogP contribution in [0.15, 0.2) is 23.1 Å². The van der Waals surface area contributed by atoms with Crippen molar-refractivity contribution < 1.29 is 4.39 Å². The molecule has 0 heterocycles. The van der Waals surface area contributed by atoms with E-state index in [4.69, 9.17) is 0 Å². The molecule has 0 spiro atoms. The predicted octanol–water partition coefficient (Wildman–Crippen LogP) is 3.15. The summed E-state index contributed by atoms with van der Waals surface area (Å²) in [5.41, 5.74) is 1.01. The molecule has 1 aromatic rings. The van der Waals surface area contributed by atoms with Crippen LogP contribution in [0.3, 0.4) is 0 Å². The van der Waals surface area contributed by atoms with Gasteiger partial charge in [-0.15, -0.1) is 11.8 Å². The van der Waals surface area contributed by atoms with Crippen LogP contribution in [0.5, 0.6) is 0 Å². The third-order valence-corrected chi connectivity index (χ3v) is 3.79. The molecule has 1 rings (SSSR count). The van der Waals surface area contributed by atoms with Crippen LogP contribution >= 0.6 is 11.8 Å². The molecule has 0 aliphatic carbocycles. The smallest absolute Gasteiger partial charge is 0.137 e. The van der Waals surface area contributed by atoms with Crippen LogP contribution in [-0.4, -0.2) is 37.8 Å². The SMILES string of the molecule is CCNC(C)c1ccc(SCCN(C)C)c(F)c1. The fourth-order valence-electron chi connectivity index (χ4n) is 1.67. The minimum Gasteiger partial charge on any atom is -0.310 e. The molecule has 0 saturated carbocycles. The van der Waals surface area contributed by atoms with E-state index < -0.39 is 0 Å². The second kappa shape index (κ2) is 7.77. The topological polar surface area (TPSA) is 15.3 Å². The van der Waals surface area contributed by atoms with E-state index in [1.165, 1.54) is 0 Å². The van der Waals surface area contributed by atoms with Crippen molar-refractivity contribution in [2.45, 2.75) is 24.8 Å². The van der Waals surface area contributed by atoms with Crippen LogP contribution < -0.4 is 5.32 Å². The van der Waals surface area contributed by atoms with Crippen molar-refractivity contribution in [3.63, 3.8) is 0 Å². The Morgan fingerprint density at radius 3 is 2.67 bits per heavy atom. The molecule has 0 aliphatic rings. The fourth-order valence-corrected chi connectivity index (χ4v) is 2.70. The van der Waals surface area contributed by atoms with Gasteiger partial charge in [-0.25, -0.2) is 4.39 Å². The number of hydrogen-bond donors (Lipinski definition) is 1. The zero-order chi connectivity index (χ0) is 13.5. The number of rotatable bonds is 7. The molecule has 0 radical (unpaired) electrons. The lowest BCUT2D eigenvalue weighted by Gasteiger charge is -2.14. The second-order valence-electron chi connectivity index (χ2n) is 4.62. The van der Waals surface area contributed by atoms with Crippen molar-refractivity contribution in [1.29, 1.82) is 0 Å². The summed E-state index contributed by atoms with van der Waals surface area (Å²) in [5, 5.41) is 3.29. The molecule has 1 aromatic carbocycles. The van der Waals surface area contributed by atoms with Crippen molar-refractivity contribution in [2.75, 3.05) is 32.9 Å². The molecule has 0 aromatic heterocycles. The highest BCUT2D eigenvalue weighted by molar-refractivity contribution is 7.99. The Labute approximate surface area is 114 Å². The van der Waals surface area contributed by atoms with Crippen LogP contribution in [0.25, 0.3) is 0 Å². The zero-order valence-corrected chi connectivity index (χ0v) is 12.5. The minimum absolute atomic E-state index is 0.110. The van der Waals surface area contributed by atoms with E-state index in [-0.39, 0.29) is 11.9 Å². The van der Waals surface area contributed by atoms with Gasteiger partial charge in [-0.05, 0) is 45.3 Å². The Hall–Kier alpha value is -0.580. The van der Waals surface area contributed by atoms with Gasteiger partial charge in [0.15, 0.2) is 0 Å². The van der Waals surface area contributed by atoms with E-state index in [0.717, 1.165) is 29.3 Å². The van der Waals surface area contributed by atoms with Crippen molar-refractivity contribution in [2.24, 2.45) is 0 Å². The molecule has 0 saturated heterocycles. The highest BCUT2D eigenvalue weighted by atomic mass is 32.2. The lowest BCUT2D eigenvalue weighted by Crippen LogP contribution is -2.17. The normalized spacial score (nSPS) is 13.0. The first-order chi connectivity index (χ1) is 8.54. The van der Waals surface area contributed by atoms with Gasteiger partial charge >= 0.3 is 0 Å². The molecular weight excluding hydrogens is 247 g/mol. The number of nitrogens with zero attached hydrogens (tertiary/aromatic N) is 1. The molecule has 2 nitrogen and oxygen atoms in total. The summed E-state index contributed by atoms with van der Waals surface area (Å²) in [6.45, 7) is 5.96. The van der Waals surface area contributed by atoms with E-state index in [1.54, 1.807) is 17.8 Å². The fraction of sp³-hybridized carbons (Fsp3) is 0.571. The highest BCUT2D eigenvalue weighted by Crippen LogP contribution is 2.24. The van der Waals surface area contributed by atoms with Gasteiger partial charge in [0.25, 0.3) is 0 Å². The summed E-state index contributed by atoms with van der Waals surface area (Å²) in [6, 6.07) is 5.74. The summed E-state index contributed by atoms with van der Waals surface area (Å²) < 4.78 is 13.9. The number of thioether (sulfide) groups is 1. The van der Waals surface area contributed by atoms with Crippen LogP contribution in [0.1, 0.15) is 25.5 Å². The summed E-state index contributed by atoms with van der Waals surface area (Å²) in [4.78, 5) is 2.84. The molecular formula is C14H23FN2S. The molecule has 4 heteroatoms. The average molecular weight is 270 g/mol. The Kier molecular flexibility index (Phi) is 6.68. The van der Waals surface area contributed by atoms with Gasteiger partial charge in [0.2, 0.25) is 0 Å². The number of halogens is 1. The molecule has 0 amide bonds. The molecule has 1 unspecified atom stereocenters. The number of nitrogens with one attached hydrogen (secondary N) is 1. The first-order valence-corrected chi connectivity index (χ1v) is 7.33. The second-order valence-corrected chi connectivity index (χ2v) is 5.76. The number of benzene rings is 1. The Morgan fingerprint density at radius 2 is 2.11 bits per heavy atom. The lowest BCUT2D eigenvalue weighted by molar-refractivity contribution is 0.437. The summed E-state index contributed by atoms with van der Waals surface area (Å²) in [5.74, 6) is 0.799. The Morgan fingerprint density at radius 1 is 1.39 bits per heavy atom. The average Bonchev–Trinajstić information content (AvgIpc) is 2.31. The quantitative estimate of drug-likeness (QED) is 0.766. The van der Waals surface area contributed by atoms with E-state index >= 15 is 0 Å². The van der Waals surface area contributed by atoms with Crippen LogP contribution in [0, 0.1) is 5.82 Å². The van der Waals surface area contributed by atoms with Gasteiger partial charge in [0, 0.05) is 23.2 Å². The summed E-state index contributed by atoms with van der Waals surface area (Å²) >= 11 is 1.57. The van der Waals surface area contributed by atoms with Gasteiger partial charge in [0.05, 0.1) is 0 Å². The molecule has 0 fully saturated rings. The van der Waals surface area contributed by atoms with Crippen LogP contribution in [-0.2, 0) is 0 Å². The number of hydrogen-bond acceptors (Lipinski definition) is 3. The van der Waals surface area contributed by atoms with Gasteiger partial charge in [0.1, 0.15) is 5.82 Å². The molecule has 102 valence electrons. The van der Waals surface area contributed by atoms with E-state index in [0.29, 0.717) is 0 Å². The van der Waals surface area contributed by atoms with Gasteiger partial charge in [-0.1, -0.05) is 13.0 Å².